The first-order valence-electron chi connectivity index (χ1n) is 22.8. The third-order valence-corrected chi connectivity index (χ3v) is 11.4. The molecule has 0 spiro atoms. The van der Waals surface area contributed by atoms with Crippen molar-refractivity contribution < 1.29 is 63.1 Å². The molecule has 1 aliphatic carbocycles. The van der Waals surface area contributed by atoms with E-state index in [0.717, 1.165) is 83.5 Å². The average molecular weight is 861 g/mol. The number of aliphatic hydroxyl groups excluding tert-OH is 5. The number of ether oxygens (including phenoxy) is 2. The summed E-state index contributed by atoms with van der Waals surface area (Å²) in [4.78, 5) is 35.7. The number of hydrogen-bond acceptors (Lipinski definition) is 12. The van der Waals surface area contributed by atoms with Gasteiger partial charge in [0.2, 0.25) is 0 Å². The van der Waals surface area contributed by atoms with Gasteiger partial charge >= 0.3 is 19.8 Å². The Morgan fingerprint density at radius 1 is 0.525 bits per heavy atom. The van der Waals surface area contributed by atoms with Gasteiger partial charge in [0.15, 0.2) is 6.10 Å². The van der Waals surface area contributed by atoms with E-state index in [1.54, 1.807) is 0 Å². The molecule has 1 fully saturated rings. The fraction of sp³-hybridized carbons (Fsp3) is 0.822. The summed E-state index contributed by atoms with van der Waals surface area (Å²) < 4.78 is 33.5. The number of aliphatic hydroxyl groups is 5. The van der Waals surface area contributed by atoms with Crippen molar-refractivity contribution >= 4 is 19.8 Å². The topological polar surface area (TPSA) is 210 Å². The van der Waals surface area contributed by atoms with Crippen LogP contribution >= 0.6 is 7.82 Å². The zero-order valence-electron chi connectivity index (χ0n) is 36.3. The van der Waals surface area contributed by atoms with Crippen molar-refractivity contribution in [3.8, 4) is 0 Å². The third kappa shape index (κ3) is 28.3. The fourth-order valence-corrected chi connectivity index (χ4v) is 7.70. The molecule has 0 amide bonds. The number of rotatable bonds is 37. The molecule has 0 aromatic heterocycles. The summed E-state index contributed by atoms with van der Waals surface area (Å²) >= 11 is 0. The maximum absolute atomic E-state index is 12.8. The smallest absolute Gasteiger partial charge is 0.462 e. The number of allylic oxidation sites excluding steroid dienone is 6. The van der Waals surface area contributed by atoms with Crippen molar-refractivity contribution in [3.63, 3.8) is 0 Å². The van der Waals surface area contributed by atoms with Gasteiger partial charge in [-0.3, -0.25) is 18.6 Å². The van der Waals surface area contributed by atoms with Crippen molar-refractivity contribution in [1.82, 2.24) is 0 Å². The predicted molar refractivity (Wildman–Crippen MR) is 230 cm³/mol. The van der Waals surface area contributed by atoms with Gasteiger partial charge in [-0.05, 0) is 70.6 Å². The number of carbonyl (C=O) groups excluding carboxylic acids is 2. The van der Waals surface area contributed by atoms with E-state index in [2.05, 4.69) is 50.3 Å². The predicted octanol–water partition coefficient (Wildman–Crippen LogP) is 8.61. The lowest BCUT2D eigenvalue weighted by molar-refractivity contribution is -0.220. The molecule has 13 nitrogen and oxygen atoms in total. The van der Waals surface area contributed by atoms with Crippen LogP contribution in [-0.2, 0) is 32.7 Å². The standard InChI is InChI=1S/C45H81O13P/c1-3-5-7-9-11-13-15-17-19-21-23-25-27-29-31-33-38(46)55-35-37(36-56-59(53,54)58-45-43(51)41(49)40(48)42(50)44(45)52)57-39(47)34-32-30-28-26-24-22-20-18-16-14-12-10-8-6-4-2/h11,13-14,16-17,19,37,40-45,48-52H,3-10,12,15,18,20-36H2,1-2H3,(H,53,54)/b13-11-,16-14-,19-17-/t37-,40?,41-,42?,43?,44?,45?/m1/s1. The van der Waals surface area contributed by atoms with Crippen molar-refractivity contribution in [1.29, 1.82) is 0 Å². The zero-order valence-corrected chi connectivity index (χ0v) is 37.2. The molecule has 0 aromatic rings. The molecule has 6 N–H and O–H groups in total. The molecule has 1 rings (SSSR count). The van der Waals surface area contributed by atoms with Crippen LogP contribution in [0.3, 0.4) is 0 Å². The van der Waals surface area contributed by atoms with E-state index in [1.807, 2.05) is 0 Å². The first-order chi connectivity index (χ1) is 28.4. The molecule has 0 heterocycles. The van der Waals surface area contributed by atoms with Gasteiger partial charge in [-0.2, -0.15) is 0 Å². The lowest BCUT2D eigenvalue weighted by atomic mass is 9.85. The summed E-state index contributed by atoms with van der Waals surface area (Å²) in [6.07, 6.45) is 26.2. The molecular weight excluding hydrogens is 779 g/mol. The van der Waals surface area contributed by atoms with E-state index < -0.39 is 75.7 Å². The minimum Gasteiger partial charge on any atom is -0.462 e. The highest BCUT2D eigenvalue weighted by Crippen LogP contribution is 2.47. The molecule has 1 aliphatic rings. The number of phosphoric ester groups is 1. The lowest BCUT2D eigenvalue weighted by Gasteiger charge is -2.41. The molecule has 6 unspecified atom stereocenters. The normalized spacial score (nSPS) is 22.6. The van der Waals surface area contributed by atoms with Crippen molar-refractivity contribution in [2.75, 3.05) is 13.2 Å². The first kappa shape index (κ1) is 55.1. The van der Waals surface area contributed by atoms with Gasteiger partial charge in [0, 0.05) is 12.8 Å². The van der Waals surface area contributed by atoms with Gasteiger partial charge in [0.1, 0.15) is 43.2 Å². The first-order valence-corrected chi connectivity index (χ1v) is 24.3. The number of unbranched alkanes of at least 4 members (excludes halogenated alkanes) is 19. The van der Waals surface area contributed by atoms with E-state index in [9.17, 15) is 44.6 Å². The van der Waals surface area contributed by atoms with Crippen molar-refractivity contribution in [2.24, 2.45) is 0 Å². The fourth-order valence-electron chi connectivity index (χ4n) is 6.72. The Morgan fingerprint density at radius 3 is 1.42 bits per heavy atom. The summed E-state index contributed by atoms with van der Waals surface area (Å²) in [5, 5.41) is 50.1. The third-order valence-electron chi connectivity index (χ3n) is 10.5. The second-order valence-corrected chi connectivity index (χ2v) is 17.3. The van der Waals surface area contributed by atoms with Gasteiger partial charge in [-0.25, -0.2) is 4.57 Å². The SMILES string of the molecule is CCCCC/C=C\C/C=C\CCCCCCCC(=O)OC[C@H](COP(=O)(O)OC1C(O)C(O)C(O)[C@@H](O)C1O)OC(=O)CCCCCCCCC/C=C\CCCCCC. The molecule has 59 heavy (non-hydrogen) atoms. The summed E-state index contributed by atoms with van der Waals surface area (Å²) in [7, 11) is -5.12. The molecule has 0 aliphatic heterocycles. The highest BCUT2D eigenvalue weighted by Gasteiger charge is 2.51. The molecule has 0 bridgehead atoms. The number of phosphoric acid groups is 1. The summed E-state index contributed by atoms with van der Waals surface area (Å²) in [5.41, 5.74) is 0. The summed E-state index contributed by atoms with van der Waals surface area (Å²) in [6, 6.07) is 0. The van der Waals surface area contributed by atoms with E-state index in [-0.39, 0.29) is 12.8 Å². The molecule has 8 atom stereocenters. The average Bonchev–Trinajstić information content (AvgIpc) is 3.21. The Balaban J connectivity index is 2.48. The van der Waals surface area contributed by atoms with Crippen molar-refractivity contribution in [2.45, 2.75) is 224 Å². The van der Waals surface area contributed by atoms with E-state index >= 15 is 0 Å². The summed E-state index contributed by atoms with van der Waals surface area (Å²) in [6.45, 7) is 3.24. The maximum atomic E-state index is 12.8. The van der Waals surface area contributed by atoms with Crippen LogP contribution in [-0.4, -0.2) is 98.3 Å². The van der Waals surface area contributed by atoms with Gasteiger partial charge in [0.25, 0.3) is 0 Å². The summed E-state index contributed by atoms with van der Waals surface area (Å²) in [5.74, 6) is -1.12. The van der Waals surface area contributed by atoms with Gasteiger partial charge < -0.3 is 39.9 Å². The largest absolute Gasteiger partial charge is 0.472 e. The van der Waals surface area contributed by atoms with Gasteiger partial charge in [-0.15, -0.1) is 0 Å². The Hall–Kier alpha value is -1.93. The second kappa shape index (κ2) is 35.6. The van der Waals surface area contributed by atoms with Crippen LogP contribution < -0.4 is 0 Å². The molecule has 14 heteroatoms. The number of carbonyl (C=O) groups is 2. The van der Waals surface area contributed by atoms with Crippen LogP contribution in [0.1, 0.15) is 181 Å². The van der Waals surface area contributed by atoms with Crippen LogP contribution in [0.15, 0.2) is 36.5 Å². The highest BCUT2D eigenvalue weighted by atomic mass is 31.2. The van der Waals surface area contributed by atoms with E-state index in [1.165, 1.54) is 57.8 Å². The minimum absolute atomic E-state index is 0.0886. The van der Waals surface area contributed by atoms with E-state index in [4.69, 9.17) is 18.5 Å². The van der Waals surface area contributed by atoms with Gasteiger partial charge in [0.05, 0.1) is 6.61 Å². The highest BCUT2D eigenvalue weighted by molar-refractivity contribution is 7.47. The Labute approximate surface area is 355 Å². The number of hydrogen-bond donors (Lipinski definition) is 6. The Morgan fingerprint density at radius 2 is 0.915 bits per heavy atom. The minimum atomic E-state index is -5.12. The number of esters is 2. The van der Waals surface area contributed by atoms with Crippen LogP contribution in [0.2, 0.25) is 0 Å². The molecule has 1 saturated carbocycles. The van der Waals surface area contributed by atoms with Crippen LogP contribution in [0.5, 0.6) is 0 Å². The maximum Gasteiger partial charge on any atom is 0.472 e. The Kier molecular flexibility index (Phi) is 33.3. The molecule has 344 valence electrons. The lowest BCUT2D eigenvalue weighted by Crippen LogP contribution is -2.64. The van der Waals surface area contributed by atoms with Crippen LogP contribution in [0.4, 0.5) is 0 Å². The molecule has 0 saturated heterocycles. The molecule has 0 aromatic carbocycles. The second-order valence-electron chi connectivity index (χ2n) is 15.9. The Bertz CT molecular complexity index is 1180. The van der Waals surface area contributed by atoms with Crippen molar-refractivity contribution in [3.05, 3.63) is 36.5 Å². The molecular formula is C45H81O13P. The molecule has 0 radical (unpaired) electrons. The quantitative estimate of drug-likeness (QED) is 0.0150. The van der Waals surface area contributed by atoms with Gasteiger partial charge in [-0.1, -0.05) is 134 Å². The monoisotopic (exact) mass is 861 g/mol. The zero-order chi connectivity index (χ0) is 43.6. The van der Waals surface area contributed by atoms with Crippen LogP contribution in [0.25, 0.3) is 0 Å². The van der Waals surface area contributed by atoms with Crippen LogP contribution in [0, 0.1) is 0 Å². The van der Waals surface area contributed by atoms with E-state index in [0.29, 0.717) is 12.8 Å².